The maximum atomic E-state index is 10.2. The topological polar surface area (TPSA) is 46.2 Å². The number of carbonyl (C=O) groups is 1. The van der Waals surface area contributed by atoms with Crippen molar-refractivity contribution >= 4 is 16.9 Å². The molecule has 0 heterocycles. The fourth-order valence-corrected chi connectivity index (χ4v) is 1.56. The quantitative estimate of drug-likeness (QED) is 0.701. The van der Waals surface area contributed by atoms with E-state index in [2.05, 4.69) is 4.74 Å². The molecule has 15 heavy (non-hydrogen) atoms. The average molecular weight is 201 g/mol. The van der Waals surface area contributed by atoms with E-state index in [1.54, 1.807) is 0 Å². The van der Waals surface area contributed by atoms with Gasteiger partial charge in [0.2, 0.25) is 0 Å². The highest BCUT2D eigenvalue weighted by Gasteiger charge is 2.03. The maximum absolute atomic E-state index is 10.2. The van der Waals surface area contributed by atoms with Crippen LogP contribution in [0.5, 0.6) is 0 Å². The summed E-state index contributed by atoms with van der Waals surface area (Å²) in [4.78, 5) is 10.2. The van der Waals surface area contributed by atoms with Gasteiger partial charge in [-0.2, -0.15) is 9.90 Å². The van der Waals surface area contributed by atoms with Crippen LogP contribution in [-0.2, 0) is 16.5 Å². The molecule has 0 saturated heterocycles. The Morgan fingerprint density at radius 1 is 1.07 bits per heavy atom. The molecule has 0 fully saturated rings. The van der Waals surface area contributed by atoms with E-state index in [4.69, 9.17) is 0 Å². The van der Waals surface area contributed by atoms with Crippen molar-refractivity contribution in [2.24, 2.45) is 0 Å². The first kappa shape index (κ1) is 9.52. The molecule has 0 aliphatic rings. The van der Waals surface area contributed by atoms with Gasteiger partial charge < -0.3 is 4.74 Å². The highest BCUT2D eigenvalue weighted by molar-refractivity contribution is 5.85. The Morgan fingerprint density at radius 3 is 2.60 bits per heavy atom. The Labute approximate surface area is 86.9 Å². The van der Waals surface area contributed by atoms with Crippen LogP contribution >= 0.6 is 0 Å². The van der Waals surface area contributed by atoms with Gasteiger partial charge in [0.25, 0.3) is 0 Å². The van der Waals surface area contributed by atoms with Crippen LogP contribution in [0.4, 0.5) is 4.79 Å². The van der Waals surface area contributed by atoms with E-state index in [0.29, 0.717) is 0 Å². The van der Waals surface area contributed by atoms with Gasteiger partial charge in [-0.25, -0.2) is 0 Å². The molecule has 2 aromatic rings. The van der Waals surface area contributed by atoms with E-state index >= 15 is 0 Å². The lowest BCUT2D eigenvalue weighted by molar-refractivity contribution is 0.0622. The number of carbonyl (C=O) groups excluding carboxylic acids is 1. The molecule has 0 N–H and O–H groups in total. The number of benzene rings is 2. The summed E-state index contributed by atoms with van der Waals surface area (Å²) < 4.78 is 4.44. The number of ether oxygens (including phenoxy) is 1. The zero-order valence-corrected chi connectivity index (χ0v) is 7.97. The molecule has 2 aromatic carbocycles. The zero-order valence-electron chi connectivity index (χ0n) is 7.97. The normalized spacial score (nSPS) is 10.1. The van der Waals surface area contributed by atoms with E-state index in [1.165, 1.54) is 0 Å². The summed E-state index contributed by atoms with van der Waals surface area (Å²) in [6.45, 7) is 0.0314. The second-order valence-electron chi connectivity index (χ2n) is 3.18. The van der Waals surface area contributed by atoms with Gasteiger partial charge in [-0.15, -0.1) is 0 Å². The van der Waals surface area contributed by atoms with Crippen LogP contribution in [0.1, 0.15) is 5.56 Å². The van der Waals surface area contributed by atoms with Crippen LogP contribution < -0.4 is 0 Å². The van der Waals surface area contributed by atoms with Gasteiger partial charge >= 0.3 is 6.16 Å². The van der Waals surface area contributed by atoms with Crippen molar-refractivity contribution in [1.29, 1.82) is 0 Å². The molecule has 0 atom stereocenters. The first-order valence-corrected chi connectivity index (χ1v) is 4.58. The Bertz CT molecular complexity index is 486. The summed E-state index contributed by atoms with van der Waals surface area (Å²) in [5.41, 5.74) is 0.845. The van der Waals surface area contributed by atoms with Gasteiger partial charge in [-0.05, 0) is 16.3 Å². The van der Waals surface area contributed by atoms with Crippen LogP contribution in [0.25, 0.3) is 10.8 Å². The third kappa shape index (κ3) is 2.07. The lowest BCUT2D eigenvalue weighted by Crippen LogP contribution is -1.98. The van der Waals surface area contributed by atoms with Crippen molar-refractivity contribution < 1.29 is 14.6 Å². The number of fused-ring (bicyclic) bond motifs is 1. The first-order valence-electron chi connectivity index (χ1n) is 4.58. The Balaban J connectivity index is 2.38. The third-order valence-corrected chi connectivity index (χ3v) is 2.23. The third-order valence-electron chi connectivity index (χ3n) is 2.23. The largest absolute Gasteiger partial charge is 0.550 e. The lowest BCUT2D eigenvalue weighted by Gasteiger charge is -2.04. The molecular weight excluding hydrogens is 192 g/mol. The van der Waals surface area contributed by atoms with E-state index in [9.17, 15) is 9.90 Å². The molecule has 0 spiro atoms. The van der Waals surface area contributed by atoms with Crippen LogP contribution in [0.15, 0.2) is 42.5 Å². The summed E-state index contributed by atoms with van der Waals surface area (Å²) in [6, 6.07) is 13.4. The van der Waals surface area contributed by atoms with Crippen LogP contribution in [0.3, 0.4) is 0 Å². The van der Waals surface area contributed by atoms with E-state index < -0.39 is 6.16 Å². The lowest BCUT2D eigenvalue weighted by atomic mass is 10.1. The van der Waals surface area contributed by atoms with Crippen LogP contribution in [0.2, 0.25) is 0 Å². The molecule has 0 saturated carbocycles. The van der Waals surface area contributed by atoms with Crippen molar-refractivity contribution in [2.45, 2.75) is 6.61 Å². The van der Waals surface area contributed by atoms with Gasteiger partial charge in [-0.3, -0.25) is 0 Å². The van der Waals surface area contributed by atoms with Crippen molar-refractivity contribution in [3.05, 3.63) is 48.0 Å². The monoisotopic (exact) mass is 201 g/mol. The Hall–Kier alpha value is -2.03. The minimum absolute atomic E-state index is 0.0314. The molecule has 0 bridgehead atoms. The molecule has 0 aromatic heterocycles. The number of rotatable bonds is 2. The standard InChI is InChI=1S/C12H9O3/c13-12(14)15-8-10-6-3-5-9-4-1-2-7-11(9)10/h1-7H,8H2. The molecule has 0 amide bonds. The zero-order chi connectivity index (χ0) is 10.7. The van der Waals surface area contributed by atoms with Gasteiger partial charge in [0, 0.05) is 0 Å². The molecular formula is C12H9O3. The van der Waals surface area contributed by atoms with E-state index in [0.717, 1.165) is 16.3 Å². The van der Waals surface area contributed by atoms with Crippen molar-refractivity contribution in [2.75, 3.05) is 0 Å². The number of hydrogen-bond donors (Lipinski definition) is 0. The van der Waals surface area contributed by atoms with Gasteiger partial charge in [0.05, 0.1) is 0 Å². The molecule has 3 heteroatoms. The van der Waals surface area contributed by atoms with Crippen molar-refractivity contribution in [1.82, 2.24) is 0 Å². The molecule has 2 rings (SSSR count). The predicted molar refractivity (Wildman–Crippen MR) is 54.8 cm³/mol. The molecule has 0 aliphatic carbocycles. The summed E-state index contributed by atoms with van der Waals surface area (Å²) >= 11 is 0. The Kier molecular flexibility index (Phi) is 2.54. The highest BCUT2D eigenvalue weighted by Crippen LogP contribution is 2.18. The SMILES string of the molecule is [O]C(=O)OCc1cccc2ccccc12. The fraction of sp³-hybridized carbons (Fsp3) is 0.0833. The van der Waals surface area contributed by atoms with Gasteiger partial charge in [-0.1, -0.05) is 42.5 Å². The molecule has 0 aliphatic heterocycles. The van der Waals surface area contributed by atoms with Crippen LogP contribution in [-0.4, -0.2) is 6.16 Å². The summed E-state index contributed by atoms with van der Waals surface area (Å²) in [5.74, 6) is 0. The second kappa shape index (κ2) is 4.00. The first-order chi connectivity index (χ1) is 7.27. The molecule has 75 valence electrons. The highest BCUT2D eigenvalue weighted by atomic mass is 16.7. The minimum atomic E-state index is -1.50. The van der Waals surface area contributed by atoms with Gasteiger partial charge in [0.1, 0.15) is 6.61 Å². The Morgan fingerprint density at radius 2 is 1.80 bits per heavy atom. The smallest absolute Gasteiger partial charge is 0.427 e. The molecule has 0 unspecified atom stereocenters. The van der Waals surface area contributed by atoms with Crippen LogP contribution in [0, 0.1) is 0 Å². The average Bonchev–Trinajstić information content (AvgIpc) is 2.26. The molecule has 3 nitrogen and oxygen atoms in total. The number of hydrogen-bond acceptors (Lipinski definition) is 2. The minimum Gasteiger partial charge on any atom is -0.427 e. The van der Waals surface area contributed by atoms with E-state index in [-0.39, 0.29) is 6.61 Å². The predicted octanol–water partition coefficient (Wildman–Crippen LogP) is 2.91. The van der Waals surface area contributed by atoms with Crippen molar-refractivity contribution in [3.63, 3.8) is 0 Å². The van der Waals surface area contributed by atoms with Crippen molar-refractivity contribution in [3.8, 4) is 0 Å². The van der Waals surface area contributed by atoms with E-state index in [1.807, 2.05) is 42.5 Å². The molecule has 1 radical (unpaired) electrons. The van der Waals surface area contributed by atoms with Gasteiger partial charge in [0.15, 0.2) is 0 Å². The fourth-order valence-electron chi connectivity index (χ4n) is 1.56. The summed E-state index contributed by atoms with van der Waals surface area (Å²) in [6.07, 6.45) is -1.50. The summed E-state index contributed by atoms with van der Waals surface area (Å²) in [5, 5.41) is 12.2. The second-order valence-corrected chi connectivity index (χ2v) is 3.18. The summed E-state index contributed by atoms with van der Waals surface area (Å²) in [7, 11) is 0. The maximum Gasteiger partial charge on any atom is 0.550 e.